The molecule has 2 saturated carbocycles. The number of phenolic OH excluding ortho intramolecular Hbond substituents is 1. The van der Waals surface area contributed by atoms with Gasteiger partial charge < -0.3 is 20.0 Å². The number of fused-ring (bicyclic) bond motifs is 2. The Labute approximate surface area is 347 Å². The van der Waals surface area contributed by atoms with Gasteiger partial charge in [-0.25, -0.2) is 0 Å². The first-order valence-corrected chi connectivity index (χ1v) is 29.8. The Kier molecular flexibility index (Phi) is 20.7. The number of aliphatic imine (C=N–C) groups is 1. The average molecular weight is 924 g/mol. The van der Waals surface area contributed by atoms with Crippen molar-refractivity contribution in [1.29, 1.82) is 0 Å². The standard InChI is InChI=1S/C41H47NO.2CH3.4ClH.2Zr/c1-40(2,3)38-18-11-15-32(39(38)43)28-42-33-23-19-29(20-24-33)12-9-10-27-41(4,36-25-21-30-13-5-7-16-34(30)36)37-26-22-31-14-6-8-17-35(31)37;;;;;;;;/h5-8,11,13-20,23-24,28,30-31,34-37,43H,10,21-22,25-27H2,1-4H3;2*1H3;4*1H;;/q;2*-1;;;;;+2;+4/p-4. The van der Waals surface area contributed by atoms with E-state index >= 15 is 0 Å². The number of rotatable bonds is 6. The van der Waals surface area contributed by atoms with Crippen LogP contribution in [-0.2, 0) is 47.1 Å². The van der Waals surface area contributed by atoms with Crippen LogP contribution in [0.3, 0.4) is 0 Å². The number of aromatic hydroxyl groups is 1. The van der Waals surface area contributed by atoms with Gasteiger partial charge in [-0.05, 0) is 114 Å². The summed E-state index contributed by atoms with van der Waals surface area (Å²) in [6.45, 7) is 8.94. The van der Waals surface area contributed by atoms with Gasteiger partial charge in [-0.15, -0.1) is 0 Å². The Morgan fingerprint density at radius 3 is 1.84 bits per heavy atom. The molecule has 0 spiro atoms. The summed E-state index contributed by atoms with van der Waals surface area (Å²) in [6.07, 6.45) is 28.2. The first-order chi connectivity index (χ1) is 23.6. The van der Waals surface area contributed by atoms with E-state index in [-0.39, 0.29) is 25.7 Å². The molecule has 4 aliphatic rings. The maximum absolute atomic E-state index is 10.8. The summed E-state index contributed by atoms with van der Waals surface area (Å²) < 4.78 is 0. The molecular weight excluding hydrogens is 871 g/mol. The van der Waals surface area contributed by atoms with Gasteiger partial charge in [-0.3, -0.25) is 4.99 Å². The third-order valence-corrected chi connectivity index (χ3v) is 11.0. The van der Waals surface area contributed by atoms with Crippen molar-refractivity contribution in [3.63, 3.8) is 0 Å². The molecular formula is C43H53Cl4NOZr2. The minimum atomic E-state index is -0.826. The number of hydrogen-bond donors (Lipinski definition) is 1. The second-order valence-electron chi connectivity index (χ2n) is 14.6. The van der Waals surface area contributed by atoms with E-state index in [2.05, 4.69) is 105 Å². The van der Waals surface area contributed by atoms with Gasteiger partial charge in [0, 0.05) is 23.8 Å². The molecule has 0 saturated heterocycles. The van der Waals surface area contributed by atoms with Crippen LogP contribution < -0.4 is 0 Å². The summed E-state index contributed by atoms with van der Waals surface area (Å²) in [5.41, 5.74) is 3.71. The molecule has 6 rings (SSSR count). The second kappa shape index (κ2) is 22.7. The third kappa shape index (κ3) is 12.4. The fourth-order valence-electron chi connectivity index (χ4n) is 8.64. The van der Waals surface area contributed by atoms with Gasteiger partial charge >= 0.3 is 75.7 Å². The molecule has 0 radical (unpaired) electrons. The van der Waals surface area contributed by atoms with Crippen LogP contribution in [0.2, 0.25) is 0 Å². The summed E-state index contributed by atoms with van der Waals surface area (Å²) >= 11 is -1.65. The molecule has 0 aromatic heterocycles. The second-order valence-corrected chi connectivity index (χ2v) is 22.1. The van der Waals surface area contributed by atoms with E-state index in [1.54, 1.807) is 6.21 Å². The number of para-hydroxylation sites is 1. The molecule has 1 N–H and O–H groups in total. The summed E-state index contributed by atoms with van der Waals surface area (Å²) in [5.74, 6) is 11.6. The fraction of sp³-hybridized carbons (Fsp3) is 0.419. The van der Waals surface area contributed by atoms with Crippen LogP contribution in [0.15, 0.2) is 96.1 Å². The number of nitrogens with zero attached hydrogens (tertiary/aromatic N) is 1. The number of phenols is 1. The maximum atomic E-state index is 10.8. The molecule has 2 aromatic rings. The SMILES string of the molecule is CC(C)(C)c1cccc(C=Nc2ccc(C#CCCC(C)(C3CCC4C=CC=CC43)C3CCC4C=CC=CC43)cc2)c1O.[CH3-].[CH3-].[Cl][Zr+2][Cl].[Cl][Zr][Cl]. The average Bonchev–Trinajstić information content (AvgIpc) is 3.73. The van der Waals surface area contributed by atoms with Crippen LogP contribution in [-0.4, -0.2) is 11.3 Å². The van der Waals surface area contributed by atoms with Gasteiger partial charge in [0.15, 0.2) is 0 Å². The first-order valence-electron chi connectivity index (χ1n) is 17.1. The Bertz CT molecular complexity index is 1540. The van der Waals surface area contributed by atoms with Gasteiger partial charge in [0.05, 0.1) is 5.69 Å². The zero-order chi connectivity index (χ0) is 35.4. The topological polar surface area (TPSA) is 32.6 Å². The van der Waals surface area contributed by atoms with Crippen molar-refractivity contribution in [2.24, 2.45) is 45.9 Å². The predicted molar refractivity (Wildman–Crippen MR) is 217 cm³/mol. The van der Waals surface area contributed by atoms with E-state index in [4.69, 9.17) is 34.1 Å². The molecule has 0 aliphatic heterocycles. The molecule has 0 amide bonds. The van der Waals surface area contributed by atoms with Crippen molar-refractivity contribution in [2.45, 2.75) is 71.6 Å². The Morgan fingerprint density at radius 1 is 0.824 bits per heavy atom. The zero-order valence-corrected chi connectivity index (χ0v) is 38.8. The normalized spacial score (nSPS) is 24.8. The summed E-state index contributed by atoms with van der Waals surface area (Å²) in [4.78, 5) is 4.63. The van der Waals surface area contributed by atoms with Crippen LogP contribution in [0.4, 0.5) is 5.69 Å². The van der Waals surface area contributed by atoms with E-state index in [1.807, 2.05) is 30.3 Å². The molecule has 2 aromatic carbocycles. The van der Waals surface area contributed by atoms with E-state index in [9.17, 15) is 5.11 Å². The molecule has 6 unspecified atom stereocenters. The number of halogens is 4. The minimum absolute atomic E-state index is 0. The number of allylic oxidation sites excluding steroid dienone is 8. The van der Waals surface area contributed by atoms with Crippen LogP contribution in [0.1, 0.15) is 82.9 Å². The monoisotopic (exact) mass is 919 g/mol. The number of hydrogen-bond acceptors (Lipinski definition) is 2. The van der Waals surface area contributed by atoms with Crippen LogP contribution in [0.5, 0.6) is 5.75 Å². The van der Waals surface area contributed by atoms with Crippen molar-refractivity contribution in [3.8, 4) is 17.6 Å². The molecule has 8 heteroatoms. The van der Waals surface area contributed by atoms with Crippen LogP contribution >= 0.6 is 34.1 Å². The van der Waals surface area contributed by atoms with Crippen LogP contribution in [0, 0.1) is 67.6 Å². The van der Waals surface area contributed by atoms with Crippen molar-refractivity contribution in [2.75, 3.05) is 0 Å². The zero-order valence-electron chi connectivity index (χ0n) is 30.9. The summed E-state index contributed by atoms with van der Waals surface area (Å²) in [6, 6.07) is 14.0. The van der Waals surface area contributed by atoms with E-state index < -0.39 is 41.7 Å². The van der Waals surface area contributed by atoms with Crippen molar-refractivity contribution < 1.29 is 46.8 Å². The summed E-state index contributed by atoms with van der Waals surface area (Å²) in [7, 11) is 19.7. The molecule has 6 atom stereocenters. The Hall–Kier alpha value is -0.644. The molecule has 4 aliphatic carbocycles. The third-order valence-electron chi connectivity index (χ3n) is 11.0. The molecule has 272 valence electrons. The quantitative estimate of drug-likeness (QED) is 0.175. The van der Waals surface area contributed by atoms with Gasteiger partial charge in [0.2, 0.25) is 0 Å². The van der Waals surface area contributed by atoms with Gasteiger partial charge in [-0.1, -0.05) is 100 Å². The van der Waals surface area contributed by atoms with Crippen molar-refractivity contribution in [3.05, 3.63) is 123 Å². The van der Waals surface area contributed by atoms with E-state index in [0.717, 1.165) is 47.1 Å². The van der Waals surface area contributed by atoms with E-state index in [0.29, 0.717) is 29.4 Å². The molecule has 0 bridgehead atoms. The predicted octanol–water partition coefficient (Wildman–Crippen LogP) is 13.8. The van der Waals surface area contributed by atoms with Gasteiger partial charge in [-0.2, -0.15) is 0 Å². The first kappa shape index (κ1) is 46.5. The van der Waals surface area contributed by atoms with Gasteiger partial charge in [0.25, 0.3) is 0 Å². The van der Waals surface area contributed by atoms with Gasteiger partial charge in [0.1, 0.15) is 5.75 Å². The molecule has 2 fully saturated rings. The Balaban J connectivity index is 0.00000105. The van der Waals surface area contributed by atoms with Crippen molar-refractivity contribution in [1.82, 2.24) is 0 Å². The number of benzene rings is 2. The molecule has 51 heavy (non-hydrogen) atoms. The molecule has 0 heterocycles. The fourth-order valence-corrected chi connectivity index (χ4v) is 8.64. The van der Waals surface area contributed by atoms with Crippen molar-refractivity contribution >= 4 is 46.0 Å². The van der Waals surface area contributed by atoms with Crippen LogP contribution in [0.25, 0.3) is 0 Å². The summed E-state index contributed by atoms with van der Waals surface area (Å²) in [5, 5.41) is 10.8. The Morgan fingerprint density at radius 2 is 1.33 bits per heavy atom. The molecule has 2 nitrogen and oxygen atoms in total. The van der Waals surface area contributed by atoms with E-state index in [1.165, 1.54) is 25.7 Å².